The Hall–Kier alpha value is -0.290. The monoisotopic (exact) mass is 293 g/mol. The summed E-state index contributed by atoms with van der Waals surface area (Å²) in [6.07, 6.45) is -0.257. The second kappa shape index (κ2) is 6.33. The SMILES string of the molecule is COC(CNc1ccc(Br)c(Cl)c1)OC. The van der Waals surface area contributed by atoms with Gasteiger partial charge in [0.2, 0.25) is 0 Å². The van der Waals surface area contributed by atoms with Crippen molar-refractivity contribution >= 4 is 33.2 Å². The average Bonchev–Trinajstić information content (AvgIpc) is 2.24. The Kier molecular flexibility index (Phi) is 5.39. The van der Waals surface area contributed by atoms with Crippen LogP contribution in [-0.4, -0.2) is 27.1 Å². The Bertz CT molecular complexity index is 318. The topological polar surface area (TPSA) is 30.5 Å². The van der Waals surface area contributed by atoms with E-state index in [0.29, 0.717) is 11.6 Å². The summed E-state index contributed by atoms with van der Waals surface area (Å²) in [5, 5.41) is 3.83. The first kappa shape index (κ1) is 12.8. The van der Waals surface area contributed by atoms with E-state index >= 15 is 0 Å². The summed E-state index contributed by atoms with van der Waals surface area (Å²) < 4.78 is 11.0. The maximum absolute atomic E-state index is 5.95. The Morgan fingerprint density at radius 1 is 1.40 bits per heavy atom. The third kappa shape index (κ3) is 3.99. The van der Waals surface area contributed by atoms with E-state index in [0.717, 1.165) is 10.2 Å². The predicted octanol–water partition coefficient (Wildman–Crippen LogP) is 3.13. The van der Waals surface area contributed by atoms with Crippen molar-refractivity contribution in [3.8, 4) is 0 Å². The van der Waals surface area contributed by atoms with E-state index in [9.17, 15) is 0 Å². The molecule has 0 spiro atoms. The molecule has 0 bridgehead atoms. The van der Waals surface area contributed by atoms with Crippen LogP contribution in [0.3, 0.4) is 0 Å². The average molecular weight is 295 g/mol. The first-order valence-corrected chi connectivity index (χ1v) is 5.59. The predicted molar refractivity (Wildman–Crippen MR) is 65.4 cm³/mol. The molecule has 0 aliphatic carbocycles. The molecule has 0 aliphatic heterocycles. The van der Waals surface area contributed by atoms with Gasteiger partial charge in [-0.1, -0.05) is 11.6 Å². The zero-order valence-corrected chi connectivity index (χ0v) is 10.9. The molecular formula is C10H13BrClNO2. The molecule has 15 heavy (non-hydrogen) atoms. The summed E-state index contributed by atoms with van der Waals surface area (Å²) in [5.74, 6) is 0. The van der Waals surface area contributed by atoms with Gasteiger partial charge in [0.15, 0.2) is 6.29 Å². The summed E-state index contributed by atoms with van der Waals surface area (Å²) in [6, 6.07) is 5.66. The van der Waals surface area contributed by atoms with Gasteiger partial charge >= 0.3 is 0 Å². The van der Waals surface area contributed by atoms with Crippen molar-refractivity contribution in [1.29, 1.82) is 0 Å². The van der Waals surface area contributed by atoms with E-state index < -0.39 is 0 Å². The molecule has 0 atom stereocenters. The van der Waals surface area contributed by atoms with Gasteiger partial charge in [-0.3, -0.25) is 0 Å². The van der Waals surface area contributed by atoms with Crippen LogP contribution in [0.5, 0.6) is 0 Å². The molecular weight excluding hydrogens is 281 g/mol. The molecule has 0 amide bonds. The Labute approximate surface area is 103 Å². The molecule has 1 aromatic carbocycles. The number of hydrogen-bond donors (Lipinski definition) is 1. The Balaban J connectivity index is 2.54. The van der Waals surface area contributed by atoms with Crippen molar-refractivity contribution in [2.75, 3.05) is 26.1 Å². The number of nitrogens with one attached hydrogen (secondary N) is 1. The van der Waals surface area contributed by atoms with Crippen LogP contribution >= 0.6 is 27.5 Å². The largest absolute Gasteiger partial charge is 0.380 e. The highest BCUT2D eigenvalue weighted by Gasteiger charge is 2.04. The van der Waals surface area contributed by atoms with Crippen LogP contribution in [0.4, 0.5) is 5.69 Å². The molecule has 0 radical (unpaired) electrons. The van der Waals surface area contributed by atoms with Crippen molar-refractivity contribution in [3.05, 3.63) is 27.7 Å². The van der Waals surface area contributed by atoms with Gasteiger partial charge in [-0.25, -0.2) is 0 Å². The minimum Gasteiger partial charge on any atom is -0.380 e. The first-order valence-electron chi connectivity index (χ1n) is 4.42. The zero-order chi connectivity index (χ0) is 11.3. The van der Waals surface area contributed by atoms with Crippen LogP contribution in [0, 0.1) is 0 Å². The molecule has 1 rings (SSSR count). The molecule has 0 saturated carbocycles. The Morgan fingerprint density at radius 3 is 2.60 bits per heavy atom. The molecule has 0 aliphatic rings. The van der Waals surface area contributed by atoms with E-state index in [2.05, 4.69) is 21.2 Å². The van der Waals surface area contributed by atoms with Crippen LogP contribution in [0.2, 0.25) is 5.02 Å². The first-order chi connectivity index (χ1) is 7.17. The number of anilines is 1. The van der Waals surface area contributed by atoms with Crippen molar-refractivity contribution in [3.63, 3.8) is 0 Å². The fraction of sp³-hybridized carbons (Fsp3) is 0.400. The Morgan fingerprint density at radius 2 is 2.07 bits per heavy atom. The third-order valence-electron chi connectivity index (χ3n) is 1.92. The zero-order valence-electron chi connectivity index (χ0n) is 8.59. The lowest BCUT2D eigenvalue weighted by Crippen LogP contribution is -2.23. The van der Waals surface area contributed by atoms with Crippen LogP contribution in [0.25, 0.3) is 0 Å². The van der Waals surface area contributed by atoms with Gasteiger partial charge < -0.3 is 14.8 Å². The number of halogens is 2. The second-order valence-corrected chi connectivity index (χ2v) is 4.17. The lowest BCUT2D eigenvalue weighted by molar-refractivity contribution is -0.0914. The van der Waals surface area contributed by atoms with Crippen molar-refractivity contribution in [1.82, 2.24) is 0 Å². The van der Waals surface area contributed by atoms with E-state index in [-0.39, 0.29) is 6.29 Å². The smallest absolute Gasteiger partial charge is 0.173 e. The van der Waals surface area contributed by atoms with E-state index in [4.69, 9.17) is 21.1 Å². The maximum Gasteiger partial charge on any atom is 0.173 e. The van der Waals surface area contributed by atoms with Crippen molar-refractivity contribution in [2.24, 2.45) is 0 Å². The van der Waals surface area contributed by atoms with E-state index in [1.807, 2.05) is 18.2 Å². The lowest BCUT2D eigenvalue weighted by Gasteiger charge is -2.15. The van der Waals surface area contributed by atoms with Crippen LogP contribution in [0.1, 0.15) is 0 Å². The van der Waals surface area contributed by atoms with E-state index in [1.54, 1.807) is 14.2 Å². The molecule has 0 fully saturated rings. The normalized spacial score (nSPS) is 10.7. The number of ether oxygens (including phenoxy) is 2. The second-order valence-electron chi connectivity index (χ2n) is 2.91. The lowest BCUT2D eigenvalue weighted by atomic mass is 10.3. The third-order valence-corrected chi connectivity index (χ3v) is 3.15. The number of benzene rings is 1. The van der Waals surface area contributed by atoms with Gasteiger partial charge in [-0.15, -0.1) is 0 Å². The van der Waals surface area contributed by atoms with Gasteiger partial charge in [0.1, 0.15) is 0 Å². The fourth-order valence-corrected chi connectivity index (χ4v) is 1.50. The molecule has 84 valence electrons. The molecule has 0 aromatic heterocycles. The summed E-state index contributed by atoms with van der Waals surface area (Å²) in [4.78, 5) is 0. The van der Waals surface area contributed by atoms with Gasteiger partial charge in [0.05, 0.1) is 11.6 Å². The highest BCUT2D eigenvalue weighted by molar-refractivity contribution is 9.10. The van der Waals surface area contributed by atoms with Gasteiger partial charge in [-0.2, -0.15) is 0 Å². The summed E-state index contributed by atoms with van der Waals surface area (Å²) in [6.45, 7) is 0.574. The number of methoxy groups -OCH3 is 2. The van der Waals surface area contributed by atoms with Gasteiger partial charge in [-0.05, 0) is 34.1 Å². The fourth-order valence-electron chi connectivity index (χ4n) is 1.07. The molecule has 0 saturated heterocycles. The number of hydrogen-bond acceptors (Lipinski definition) is 3. The maximum atomic E-state index is 5.95. The van der Waals surface area contributed by atoms with Crippen molar-refractivity contribution in [2.45, 2.75) is 6.29 Å². The molecule has 0 heterocycles. The van der Waals surface area contributed by atoms with Crippen LogP contribution < -0.4 is 5.32 Å². The summed E-state index contributed by atoms with van der Waals surface area (Å²) in [5.41, 5.74) is 0.933. The standard InChI is InChI=1S/C10H13BrClNO2/c1-14-10(15-2)6-13-7-3-4-8(11)9(12)5-7/h3-5,10,13H,6H2,1-2H3. The van der Waals surface area contributed by atoms with Gasteiger partial charge in [0, 0.05) is 24.4 Å². The molecule has 3 nitrogen and oxygen atoms in total. The van der Waals surface area contributed by atoms with E-state index in [1.165, 1.54) is 0 Å². The minimum atomic E-state index is -0.257. The summed E-state index contributed by atoms with van der Waals surface area (Å²) >= 11 is 9.28. The van der Waals surface area contributed by atoms with Crippen molar-refractivity contribution < 1.29 is 9.47 Å². The van der Waals surface area contributed by atoms with Crippen LogP contribution in [0.15, 0.2) is 22.7 Å². The molecule has 5 heteroatoms. The van der Waals surface area contributed by atoms with Gasteiger partial charge in [0.25, 0.3) is 0 Å². The highest BCUT2D eigenvalue weighted by atomic mass is 79.9. The molecule has 1 aromatic rings. The quantitative estimate of drug-likeness (QED) is 0.846. The highest BCUT2D eigenvalue weighted by Crippen LogP contribution is 2.25. The number of rotatable bonds is 5. The van der Waals surface area contributed by atoms with Crippen LogP contribution in [-0.2, 0) is 9.47 Å². The molecule has 0 unspecified atom stereocenters. The summed E-state index contributed by atoms with van der Waals surface area (Å²) in [7, 11) is 3.20. The molecule has 1 N–H and O–H groups in total. The minimum absolute atomic E-state index is 0.257.